The van der Waals surface area contributed by atoms with Gasteiger partial charge in [-0.1, -0.05) is 62.4 Å². The summed E-state index contributed by atoms with van der Waals surface area (Å²) < 4.78 is 0. The molecule has 4 unspecified atom stereocenters. The molecule has 40 heavy (non-hydrogen) atoms. The van der Waals surface area contributed by atoms with Gasteiger partial charge in [-0.3, -0.25) is 9.97 Å². The SMILES string of the molecule is CC1c2ccccc2N2c3nc(-c4cccnc4)c(-c4cccnc4)nc3N(c3ccccc3)C2C2(C)C=CC12. The summed E-state index contributed by atoms with van der Waals surface area (Å²) in [5.74, 6) is 2.48. The van der Waals surface area contributed by atoms with Crippen molar-refractivity contribution in [3.63, 3.8) is 0 Å². The summed E-state index contributed by atoms with van der Waals surface area (Å²) >= 11 is 0. The van der Waals surface area contributed by atoms with Crippen LogP contribution in [0.1, 0.15) is 25.3 Å². The Balaban J connectivity index is 1.47. The van der Waals surface area contributed by atoms with Gasteiger partial charge in [0.15, 0.2) is 11.6 Å². The van der Waals surface area contributed by atoms with E-state index in [-0.39, 0.29) is 11.6 Å². The van der Waals surface area contributed by atoms with E-state index in [9.17, 15) is 0 Å². The van der Waals surface area contributed by atoms with Crippen LogP contribution in [0.3, 0.4) is 0 Å². The van der Waals surface area contributed by atoms with Crippen LogP contribution >= 0.6 is 0 Å². The summed E-state index contributed by atoms with van der Waals surface area (Å²) in [4.78, 5) is 24.6. The maximum Gasteiger partial charge on any atom is 0.179 e. The Morgan fingerprint density at radius 1 is 0.700 bits per heavy atom. The maximum absolute atomic E-state index is 5.47. The normalized spacial score (nSPS) is 23.9. The summed E-state index contributed by atoms with van der Waals surface area (Å²) in [5, 5.41) is 0. The lowest BCUT2D eigenvalue weighted by Gasteiger charge is -2.50. The standard InChI is InChI=1S/C34H28N6/c1-22-26-14-6-7-15-28(26)40-32-31(39(25-12-4-3-5-13-25)33(40)34(2)17-16-27(22)34)37-29(23-10-8-18-35-20-23)30(38-32)24-11-9-19-36-21-24/h3-22,27,33H,1-2H3. The predicted molar refractivity (Wildman–Crippen MR) is 159 cm³/mol. The fraction of sp³-hybridized carbons (Fsp3) is 0.176. The van der Waals surface area contributed by atoms with Gasteiger partial charge in [0, 0.05) is 52.7 Å². The van der Waals surface area contributed by atoms with Crippen molar-refractivity contribution in [1.82, 2.24) is 19.9 Å². The number of hydrogen-bond acceptors (Lipinski definition) is 6. The molecule has 6 heteroatoms. The summed E-state index contributed by atoms with van der Waals surface area (Å²) in [5.41, 5.74) is 6.96. The van der Waals surface area contributed by atoms with Gasteiger partial charge in [0.1, 0.15) is 17.6 Å². The first-order chi connectivity index (χ1) is 19.6. The van der Waals surface area contributed by atoms with Crippen molar-refractivity contribution in [1.29, 1.82) is 0 Å². The zero-order valence-corrected chi connectivity index (χ0v) is 22.4. The number of nitrogens with zero attached hydrogens (tertiary/aromatic N) is 6. The lowest BCUT2D eigenvalue weighted by atomic mass is 9.61. The predicted octanol–water partition coefficient (Wildman–Crippen LogP) is 7.53. The molecular formula is C34H28N6. The molecule has 4 atom stereocenters. The Morgan fingerprint density at radius 2 is 1.32 bits per heavy atom. The molecule has 194 valence electrons. The van der Waals surface area contributed by atoms with Gasteiger partial charge in [-0.2, -0.15) is 0 Å². The van der Waals surface area contributed by atoms with Crippen molar-refractivity contribution in [2.24, 2.45) is 11.3 Å². The van der Waals surface area contributed by atoms with Gasteiger partial charge in [0.05, 0.1) is 0 Å². The number of rotatable bonds is 3. The molecule has 3 aliphatic rings. The van der Waals surface area contributed by atoms with Crippen LogP contribution < -0.4 is 9.80 Å². The van der Waals surface area contributed by atoms with Gasteiger partial charge in [0.25, 0.3) is 0 Å². The molecule has 0 fully saturated rings. The number of aromatic nitrogens is 4. The molecule has 8 rings (SSSR count). The van der Waals surface area contributed by atoms with Crippen LogP contribution in [0, 0.1) is 11.3 Å². The zero-order valence-electron chi connectivity index (χ0n) is 22.4. The highest BCUT2D eigenvalue weighted by Crippen LogP contribution is 2.62. The van der Waals surface area contributed by atoms with E-state index < -0.39 is 0 Å². The first kappa shape index (κ1) is 23.1. The first-order valence-corrected chi connectivity index (χ1v) is 13.8. The molecule has 0 N–H and O–H groups in total. The molecular weight excluding hydrogens is 492 g/mol. The highest BCUT2D eigenvalue weighted by molar-refractivity contribution is 5.90. The van der Waals surface area contributed by atoms with Crippen LogP contribution in [0.25, 0.3) is 22.5 Å². The van der Waals surface area contributed by atoms with Crippen LogP contribution in [0.5, 0.6) is 0 Å². The quantitative estimate of drug-likeness (QED) is 0.229. The minimum Gasteiger partial charge on any atom is -0.301 e. The molecule has 0 amide bonds. The third kappa shape index (κ3) is 3.16. The Labute approximate surface area is 233 Å². The smallest absolute Gasteiger partial charge is 0.179 e. The lowest BCUT2D eigenvalue weighted by Crippen LogP contribution is -2.54. The number of para-hydroxylation sites is 2. The van der Waals surface area contributed by atoms with Crippen molar-refractivity contribution < 1.29 is 0 Å². The van der Waals surface area contributed by atoms with E-state index in [2.05, 4.69) is 106 Å². The molecule has 5 aromatic rings. The topological polar surface area (TPSA) is 58.0 Å². The Hall–Kier alpha value is -4.84. The van der Waals surface area contributed by atoms with E-state index in [1.807, 2.05) is 30.6 Å². The first-order valence-electron chi connectivity index (χ1n) is 13.8. The van der Waals surface area contributed by atoms with Gasteiger partial charge in [-0.05, 0) is 59.9 Å². The summed E-state index contributed by atoms with van der Waals surface area (Å²) in [7, 11) is 0. The number of pyridine rings is 2. The van der Waals surface area contributed by atoms with Gasteiger partial charge in [0.2, 0.25) is 0 Å². The van der Waals surface area contributed by atoms with Crippen molar-refractivity contribution in [2.45, 2.75) is 25.9 Å². The molecule has 0 saturated carbocycles. The Morgan fingerprint density at radius 3 is 1.93 bits per heavy atom. The summed E-state index contributed by atoms with van der Waals surface area (Å²) in [6.45, 7) is 4.75. The maximum atomic E-state index is 5.47. The van der Waals surface area contributed by atoms with E-state index in [0.29, 0.717) is 11.8 Å². The molecule has 0 spiro atoms. The van der Waals surface area contributed by atoms with Gasteiger partial charge in [-0.15, -0.1) is 0 Å². The van der Waals surface area contributed by atoms with Crippen LogP contribution in [0.2, 0.25) is 0 Å². The van der Waals surface area contributed by atoms with E-state index >= 15 is 0 Å². The van der Waals surface area contributed by atoms with E-state index in [1.54, 1.807) is 12.4 Å². The van der Waals surface area contributed by atoms with E-state index in [0.717, 1.165) is 39.8 Å². The highest BCUT2D eigenvalue weighted by Gasteiger charge is 2.58. The monoisotopic (exact) mass is 520 g/mol. The molecule has 2 aromatic carbocycles. The van der Waals surface area contributed by atoms with Crippen LogP contribution in [-0.2, 0) is 0 Å². The lowest BCUT2D eigenvalue weighted by molar-refractivity contribution is 0.198. The Bertz CT molecular complexity index is 1750. The van der Waals surface area contributed by atoms with Crippen LogP contribution in [0.4, 0.5) is 23.0 Å². The van der Waals surface area contributed by atoms with E-state index in [4.69, 9.17) is 9.97 Å². The van der Waals surface area contributed by atoms with Crippen molar-refractivity contribution in [3.8, 4) is 22.5 Å². The molecule has 0 bridgehead atoms. The van der Waals surface area contributed by atoms with Crippen molar-refractivity contribution >= 4 is 23.0 Å². The van der Waals surface area contributed by atoms with Gasteiger partial charge >= 0.3 is 0 Å². The molecule has 5 heterocycles. The second-order valence-electron chi connectivity index (χ2n) is 11.1. The number of hydrogen-bond donors (Lipinski definition) is 0. The molecule has 2 aliphatic heterocycles. The third-order valence-electron chi connectivity index (χ3n) is 8.87. The van der Waals surface area contributed by atoms with Crippen molar-refractivity contribution in [2.75, 3.05) is 9.80 Å². The average Bonchev–Trinajstić information content (AvgIpc) is 3.33. The fourth-order valence-electron chi connectivity index (χ4n) is 6.91. The second kappa shape index (κ2) is 8.58. The third-order valence-corrected chi connectivity index (χ3v) is 8.87. The number of fused-ring (bicyclic) bond motifs is 7. The fourth-order valence-corrected chi connectivity index (χ4v) is 6.91. The number of allylic oxidation sites excluding steroid dienone is 1. The number of anilines is 4. The minimum absolute atomic E-state index is 0.0307. The summed E-state index contributed by atoms with van der Waals surface area (Å²) in [6.07, 6.45) is 12.1. The second-order valence-corrected chi connectivity index (χ2v) is 11.1. The van der Waals surface area contributed by atoms with Crippen LogP contribution in [0.15, 0.2) is 116 Å². The highest BCUT2D eigenvalue weighted by atomic mass is 15.5. The molecule has 6 nitrogen and oxygen atoms in total. The largest absolute Gasteiger partial charge is 0.301 e. The molecule has 1 aliphatic carbocycles. The van der Waals surface area contributed by atoms with Gasteiger partial charge < -0.3 is 9.80 Å². The van der Waals surface area contributed by atoms with Crippen molar-refractivity contribution in [3.05, 3.63) is 121 Å². The minimum atomic E-state index is -0.125. The molecule has 0 saturated heterocycles. The van der Waals surface area contributed by atoms with E-state index in [1.165, 1.54) is 11.3 Å². The zero-order chi connectivity index (χ0) is 26.8. The molecule has 0 radical (unpaired) electrons. The summed E-state index contributed by atoms with van der Waals surface area (Å²) in [6, 6.07) is 27.4. The molecule has 3 aromatic heterocycles. The number of benzene rings is 2. The van der Waals surface area contributed by atoms with Crippen LogP contribution in [-0.4, -0.2) is 26.1 Å². The van der Waals surface area contributed by atoms with Gasteiger partial charge in [-0.25, -0.2) is 9.97 Å². The average molecular weight is 521 g/mol. The Kier molecular flexibility index (Phi) is 4.95.